The highest BCUT2D eigenvalue weighted by Crippen LogP contribution is 2.23. The number of benzene rings is 2. The summed E-state index contributed by atoms with van der Waals surface area (Å²) in [5.74, 6) is -0.503. The largest absolute Gasteiger partial charge is 0.391 e. The van der Waals surface area contributed by atoms with E-state index >= 15 is 0 Å². The molecule has 2 nitrogen and oxygen atoms in total. The zero-order valence-electron chi connectivity index (χ0n) is 11.2. The molecule has 0 heterocycles. The van der Waals surface area contributed by atoms with Crippen LogP contribution in [0.15, 0.2) is 40.9 Å². The fourth-order valence-electron chi connectivity index (χ4n) is 2.06. The highest BCUT2D eigenvalue weighted by Gasteiger charge is 2.30. The first kappa shape index (κ1) is 15.8. The predicted molar refractivity (Wildman–Crippen MR) is 79.2 cm³/mol. The van der Waals surface area contributed by atoms with Gasteiger partial charge in [0, 0.05) is 16.1 Å². The summed E-state index contributed by atoms with van der Waals surface area (Å²) in [6, 6.07) is 9.67. The minimum absolute atomic E-state index is 0.346. The molecule has 0 aliphatic rings. The molecule has 0 radical (unpaired) electrons. The lowest BCUT2D eigenvalue weighted by atomic mass is 10.1. The zero-order chi connectivity index (χ0) is 15.6. The zero-order valence-corrected chi connectivity index (χ0v) is 12.8. The van der Waals surface area contributed by atoms with Crippen molar-refractivity contribution < 1.29 is 18.0 Å². The molecular weight excluding hydrogens is 347 g/mol. The van der Waals surface area contributed by atoms with Gasteiger partial charge in [-0.1, -0.05) is 28.1 Å². The molecule has 2 aromatic rings. The van der Waals surface area contributed by atoms with Crippen LogP contribution in [-0.2, 0) is 0 Å². The van der Waals surface area contributed by atoms with E-state index in [4.69, 9.17) is 0 Å². The number of alkyl halides is 3. The van der Waals surface area contributed by atoms with Crippen molar-refractivity contribution in [2.75, 3.05) is 0 Å². The molecule has 0 aliphatic heterocycles. The summed E-state index contributed by atoms with van der Waals surface area (Å²) in [5.41, 5.74) is 0.346. The number of rotatable bonds is 3. The van der Waals surface area contributed by atoms with Crippen molar-refractivity contribution in [3.05, 3.63) is 46.4 Å². The second-order valence-corrected chi connectivity index (χ2v) is 5.82. The monoisotopic (exact) mass is 359 g/mol. The number of nitrogens with one attached hydrogen (secondary N) is 1. The van der Waals surface area contributed by atoms with E-state index in [2.05, 4.69) is 21.2 Å². The maximum absolute atomic E-state index is 12.2. The van der Waals surface area contributed by atoms with Gasteiger partial charge in [0.25, 0.3) is 5.91 Å². The summed E-state index contributed by atoms with van der Waals surface area (Å²) in [6.45, 7) is 1.34. The molecule has 0 spiro atoms. The standard InChI is InChI=1S/C15H13BrF3NO/c1-9(8-15(17,18)19)20-14(21)12-3-2-11-7-13(16)5-4-10(11)6-12/h2-7,9H,8H2,1H3,(H,20,21). The van der Waals surface area contributed by atoms with Gasteiger partial charge in [-0.05, 0) is 42.0 Å². The Morgan fingerprint density at radius 2 is 1.81 bits per heavy atom. The van der Waals surface area contributed by atoms with E-state index in [0.717, 1.165) is 15.2 Å². The summed E-state index contributed by atoms with van der Waals surface area (Å²) in [5, 5.41) is 4.16. The lowest BCUT2D eigenvalue weighted by molar-refractivity contribution is -0.138. The molecule has 2 rings (SSSR count). The van der Waals surface area contributed by atoms with Gasteiger partial charge in [0.1, 0.15) is 0 Å². The Hall–Kier alpha value is -1.56. The minimum atomic E-state index is -4.29. The number of amides is 1. The topological polar surface area (TPSA) is 29.1 Å². The van der Waals surface area contributed by atoms with Crippen LogP contribution in [0.2, 0.25) is 0 Å². The normalized spacial score (nSPS) is 13.2. The van der Waals surface area contributed by atoms with E-state index in [9.17, 15) is 18.0 Å². The summed E-state index contributed by atoms with van der Waals surface area (Å²) in [7, 11) is 0. The van der Waals surface area contributed by atoms with Crippen LogP contribution in [-0.4, -0.2) is 18.1 Å². The fourth-order valence-corrected chi connectivity index (χ4v) is 2.44. The van der Waals surface area contributed by atoms with Gasteiger partial charge in [0.15, 0.2) is 0 Å². The first-order valence-corrected chi connectivity index (χ1v) is 7.11. The lowest BCUT2D eigenvalue weighted by Gasteiger charge is -2.16. The highest BCUT2D eigenvalue weighted by atomic mass is 79.9. The van der Waals surface area contributed by atoms with Crippen LogP contribution in [0.3, 0.4) is 0 Å². The summed E-state index contributed by atoms with van der Waals surface area (Å²) in [4.78, 5) is 12.0. The van der Waals surface area contributed by atoms with Gasteiger partial charge in [0.05, 0.1) is 6.42 Å². The number of hydrogen-bond acceptors (Lipinski definition) is 1. The predicted octanol–water partition coefficient (Wildman–Crippen LogP) is 4.67. The average Bonchev–Trinajstić information content (AvgIpc) is 2.35. The molecule has 6 heteroatoms. The molecule has 0 aliphatic carbocycles. The van der Waals surface area contributed by atoms with Gasteiger partial charge < -0.3 is 5.32 Å². The third-order valence-electron chi connectivity index (χ3n) is 2.98. The van der Waals surface area contributed by atoms with Gasteiger partial charge in [-0.25, -0.2) is 0 Å². The number of carbonyl (C=O) groups is 1. The van der Waals surface area contributed by atoms with Crippen LogP contribution >= 0.6 is 15.9 Å². The Bertz CT molecular complexity index is 670. The number of hydrogen-bond donors (Lipinski definition) is 1. The van der Waals surface area contributed by atoms with Gasteiger partial charge in [-0.2, -0.15) is 13.2 Å². The first-order chi connectivity index (χ1) is 9.74. The van der Waals surface area contributed by atoms with E-state index in [1.165, 1.54) is 6.92 Å². The summed E-state index contributed by atoms with van der Waals surface area (Å²) < 4.78 is 37.7. The maximum atomic E-state index is 12.2. The molecule has 1 amide bonds. The van der Waals surface area contributed by atoms with Gasteiger partial charge >= 0.3 is 6.18 Å². The van der Waals surface area contributed by atoms with E-state index in [-0.39, 0.29) is 0 Å². The molecule has 1 N–H and O–H groups in total. The molecular formula is C15H13BrF3NO. The molecule has 112 valence electrons. The molecule has 21 heavy (non-hydrogen) atoms. The van der Waals surface area contributed by atoms with Crippen LogP contribution in [0, 0.1) is 0 Å². The van der Waals surface area contributed by atoms with Crippen LogP contribution in [0.4, 0.5) is 13.2 Å². The molecule has 1 unspecified atom stereocenters. The van der Waals surface area contributed by atoms with Crippen molar-refractivity contribution in [3.8, 4) is 0 Å². The second kappa shape index (κ2) is 6.05. The Morgan fingerprint density at radius 1 is 1.19 bits per heavy atom. The molecule has 0 saturated heterocycles. The van der Waals surface area contributed by atoms with Crippen LogP contribution in [0.5, 0.6) is 0 Å². The van der Waals surface area contributed by atoms with Gasteiger partial charge in [0.2, 0.25) is 0 Å². The molecule has 2 aromatic carbocycles. The molecule has 0 saturated carbocycles. The Labute approximate surface area is 128 Å². The van der Waals surface area contributed by atoms with Gasteiger partial charge in [-0.15, -0.1) is 0 Å². The van der Waals surface area contributed by atoms with Crippen molar-refractivity contribution in [2.24, 2.45) is 0 Å². The average molecular weight is 360 g/mol. The molecule has 0 bridgehead atoms. The summed E-state index contributed by atoms with van der Waals surface area (Å²) in [6.07, 6.45) is -5.33. The van der Waals surface area contributed by atoms with Crippen LogP contribution < -0.4 is 5.32 Å². The second-order valence-electron chi connectivity index (χ2n) is 4.90. The van der Waals surface area contributed by atoms with Crippen molar-refractivity contribution in [1.29, 1.82) is 0 Å². The Kier molecular flexibility index (Phi) is 4.56. The van der Waals surface area contributed by atoms with Crippen molar-refractivity contribution in [3.63, 3.8) is 0 Å². The Morgan fingerprint density at radius 3 is 2.48 bits per heavy atom. The van der Waals surface area contributed by atoms with Crippen LogP contribution in [0.25, 0.3) is 10.8 Å². The molecule has 1 atom stereocenters. The van der Waals surface area contributed by atoms with Crippen molar-refractivity contribution in [1.82, 2.24) is 5.32 Å². The maximum Gasteiger partial charge on any atom is 0.391 e. The van der Waals surface area contributed by atoms with Crippen molar-refractivity contribution in [2.45, 2.75) is 25.6 Å². The number of carbonyl (C=O) groups excluding carboxylic acids is 1. The van der Waals surface area contributed by atoms with E-state index in [1.807, 2.05) is 18.2 Å². The SMILES string of the molecule is CC(CC(F)(F)F)NC(=O)c1ccc2cc(Br)ccc2c1. The van der Waals surface area contributed by atoms with Crippen LogP contribution in [0.1, 0.15) is 23.7 Å². The van der Waals surface area contributed by atoms with Gasteiger partial charge in [-0.3, -0.25) is 4.79 Å². The highest BCUT2D eigenvalue weighted by molar-refractivity contribution is 9.10. The van der Waals surface area contributed by atoms with E-state index in [1.54, 1.807) is 18.2 Å². The van der Waals surface area contributed by atoms with Crippen molar-refractivity contribution >= 4 is 32.6 Å². The first-order valence-electron chi connectivity index (χ1n) is 6.31. The quantitative estimate of drug-likeness (QED) is 0.847. The summed E-state index contributed by atoms with van der Waals surface area (Å²) >= 11 is 3.35. The van der Waals surface area contributed by atoms with E-state index < -0.39 is 24.5 Å². The molecule has 0 aromatic heterocycles. The lowest BCUT2D eigenvalue weighted by Crippen LogP contribution is -2.35. The third kappa shape index (κ3) is 4.46. The molecule has 0 fully saturated rings. The number of halogens is 4. The fraction of sp³-hybridized carbons (Fsp3) is 0.267. The minimum Gasteiger partial charge on any atom is -0.349 e. The number of fused-ring (bicyclic) bond motifs is 1. The third-order valence-corrected chi connectivity index (χ3v) is 3.47. The van der Waals surface area contributed by atoms with E-state index in [0.29, 0.717) is 5.56 Å². The Balaban J connectivity index is 2.14. The smallest absolute Gasteiger partial charge is 0.349 e.